The lowest BCUT2D eigenvalue weighted by molar-refractivity contribution is 0.414. The maximum absolute atomic E-state index is 5.21. The van der Waals surface area contributed by atoms with Crippen molar-refractivity contribution in [2.75, 3.05) is 20.2 Å². The molecular formula is C19H29N3O. The highest BCUT2D eigenvalue weighted by atomic mass is 16.5. The number of hydrogen-bond donors (Lipinski definition) is 2. The molecule has 1 aliphatic carbocycles. The number of methoxy groups -OCH3 is 1. The minimum absolute atomic E-state index is 0.487. The molecule has 23 heavy (non-hydrogen) atoms. The number of benzene rings is 1. The van der Waals surface area contributed by atoms with Gasteiger partial charge in [0.25, 0.3) is 0 Å². The number of guanidine groups is 1. The average Bonchev–Trinajstić information content (AvgIpc) is 3.08. The number of nitrogens with zero attached hydrogens (tertiary/aromatic N) is 1. The van der Waals surface area contributed by atoms with Crippen molar-refractivity contribution < 1.29 is 4.74 Å². The van der Waals surface area contributed by atoms with E-state index in [2.05, 4.69) is 48.8 Å². The predicted molar refractivity (Wildman–Crippen MR) is 97.3 cm³/mol. The molecule has 1 aliphatic rings. The zero-order chi connectivity index (χ0) is 16.5. The van der Waals surface area contributed by atoms with Gasteiger partial charge in [-0.15, -0.1) is 0 Å². The molecule has 4 nitrogen and oxygen atoms in total. The molecular weight excluding hydrogens is 286 g/mol. The van der Waals surface area contributed by atoms with Gasteiger partial charge in [0.1, 0.15) is 5.75 Å². The van der Waals surface area contributed by atoms with Crippen LogP contribution in [0.1, 0.15) is 44.6 Å². The standard InChI is InChI=1S/C19H29N3O/c1-4-20-19(22-17-7-5-6-8-17)21-14-13-15(2)16-9-11-18(23-3)12-10-16/h5-6,9-12,15,17H,4,7-8,13-14H2,1-3H3,(H2,20,21,22). The minimum Gasteiger partial charge on any atom is -0.497 e. The number of ether oxygens (including phenoxy) is 1. The molecule has 2 rings (SSSR count). The summed E-state index contributed by atoms with van der Waals surface area (Å²) in [6.45, 7) is 6.06. The molecule has 0 aromatic heterocycles. The third-order valence-electron chi connectivity index (χ3n) is 4.21. The summed E-state index contributed by atoms with van der Waals surface area (Å²) in [5, 5.41) is 6.84. The Kier molecular flexibility index (Phi) is 6.98. The summed E-state index contributed by atoms with van der Waals surface area (Å²) in [7, 11) is 1.70. The fourth-order valence-electron chi connectivity index (χ4n) is 2.72. The van der Waals surface area contributed by atoms with Crippen LogP contribution in [0.25, 0.3) is 0 Å². The van der Waals surface area contributed by atoms with E-state index in [-0.39, 0.29) is 0 Å². The second-order valence-electron chi connectivity index (χ2n) is 6.01. The lowest BCUT2D eigenvalue weighted by Crippen LogP contribution is -2.42. The first-order chi connectivity index (χ1) is 11.2. The highest BCUT2D eigenvalue weighted by Gasteiger charge is 2.11. The first kappa shape index (κ1) is 17.4. The van der Waals surface area contributed by atoms with Crippen LogP contribution in [0.2, 0.25) is 0 Å². The van der Waals surface area contributed by atoms with Crippen LogP contribution < -0.4 is 15.4 Å². The SMILES string of the molecule is CCNC(=NCCC(C)c1ccc(OC)cc1)NC1CC=CC1. The Labute approximate surface area is 140 Å². The second kappa shape index (κ2) is 9.23. The van der Waals surface area contributed by atoms with Gasteiger partial charge >= 0.3 is 0 Å². The molecule has 126 valence electrons. The number of hydrogen-bond acceptors (Lipinski definition) is 2. The van der Waals surface area contributed by atoms with Crippen molar-refractivity contribution in [2.45, 2.75) is 45.1 Å². The Morgan fingerprint density at radius 1 is 1.26 bits per heavy atom. The first-order valence-electron chi connectivity index (χ1n) is 8.56. The van der Waals surface area contributed by atoms with Gasteiger partial charge in [-0.1, -0.05) is 31.2 Å². The number of rotatable bonds is 7. The van der Waals surface area contributed by atoms with Crippen molar-refractivity contribution in [2.24, 2.45) is 4.99 Å². The Hall–Kier alpha value is -1.97. The number of aliphatic imine (C=N–C) groups is 1. The molecule has 2 N–H and O–H groups in total. The summed E-state index contributed by atoms with van der Waals surface area (Å²) in [6.07, 6.45) is 7.67. The molecule has 1 aromatic rings. The van der Waals surface area contributed by atoms with E-state index >= 15 is 0 Å². The van der Waals surface area contributed by atoms with Gasteiger partial charge in [0.2, 0.25) is 0 Å². The second-order valence-corrected chi connectivity index (χ2v) is 6.01. The van der Waals surface area contributed by atoms with Crippen molar-refractivity contribution in [1.29, 1.82) is 0 Å². The Morgan fingerprint density at radius 3 is 2.57 bits per heavy atom. The van der Waals surface area contributed by atoms with Crippen molar-refractivity contribution in [3.8, 4) is 5.75 Å². The normalized spacial score (nSPS) is 16.4. The Balaban J connectivity index is 1.83. The molecule has 0 aliphatic heterocycles. The molecule has 0 heterocycles. The molecule has 0 bridgehead atoms. The van der Waals surface area contributed by atoms with Crippen molar-refractivity contribution in [3.63, 3.8) is 0 Å². The highest BCUT2D eigenvalue weighted by molar-refractivity contribution is 5.80. The molecule has 1 aromatic carbocycles. The van der Waals surface area contributed by atoms with E-state index in [1.54, 1.807) is 7.11 Å². The van der Waals surface area contributed by atoms with Crippen LogP contribution in [-0.4, -0.2) is 32.2 Å². The lowest BCUT2D eigenvalue weighted by Gasteiger charge is -2.17. The summed E-state index contributed by atoms with van der Waals surface area (Å²) in [4.78, 5) is 4.72. The maximum atomic E-state index is 5.21. The van der Waals surface area contributed by atoms with Gasteiger partial charge < -0.3 is 15.4 Å². The summed E-state index contributed by atoms with van der Waals surface area (Å²) >= 11 is 0. The van der Waals surface area contributed by atoms with Crippen LogP contribution in [0, 0.1) is 0 Å². The van der Waals surface area contributed by atoms with Crippen LogP contribution in [0.3, 0.4) is 0 Å². The molecule has 0 radical (unpaired) electrons. The quantitative estimate of drug-likeness (QED) is 0.460. The van der Waals surface area contributed by atoms with Crippen LogP contribution in [0.4, 0.5) is 0 Å². The maximum Gasteiger partial charge on any atom is 0.191 e. The van der Waals surface area contributed by atoms with E-state index in [0.717, 1.165) is 44.1 Å². The van der Waals surface area contributed by atoms with Crippen molar-refractivity contribution in [1.82, 2.24) is 10.6 Å². The smallest absolute Gasteiger partial charge is 0.191 e. The van der Waals surface area contributed by atoms with E-state index in [1.165, 1.54) is 5.56 Å². The van der Waals surface area contributed by atoms with E-state index < -0.39 is 0 Å². The van der Waals surface area contributed by atoms with E-state index in [1.807, 2.05) is 12.1 Å². The molecule has 1 atom stereocenters. The molecule has 0 saturated heterocycles. The summed E-state index contributed by atoms with van der Waals surface area (Å²) in [5.41, 5.74) is 1.33. The predicted octanol–water partition coefficient (Wildman–Crippen LogP) is 3.46. The molecule has 0 saturated carbocycles. The van der Waals surface area contributed by atoms with Crippen molar-refractivity contribution in [3.05, 3.63) is 42.0 Å². The molecule has 4 heteroatoms. The van der Waals surface area contributed by atoms with Gasteiger partial charge in [0.15, 0.2) is 5.96 Å². The third kappa shape index (κ3) is 5.62. The van der Waals surface area contributed by atoms with Crippen LogP contribution in [0.5, 0.6) is 5.75 Å². The van der Waals surface area contributed by atoms with E-state index in [4.69, 9.17) is 9.73 Å². The lowest BCUT2D eigenvalue weighted by atomic mass is 9.98. The molecule has 0 amide bonds. The van der Waals surface area contributed by atoms with Crippen molar-refractivity contribution >= 4 is 5.96 Å². The van der Waals surface area contributed by atoms with Crippen LogP contribution in [0.15, 0.2) is 41.4 Å². The Bertz CT molecular complexity index is 514. The van der Waals surface area contributed by atoms with Crippen LogP contribution >= 0.6 is 0 Å². The monoisotopic (exact) mass is 315 g/mol. The third-order valence-corrected chi connectivity index (χ3v) is 4.21. The average molecular weight is 315 g/mol. The number of nitrogens with one attached hydrogen (secondary N) is 2. The van der Waals surface area contributed by atoms with Gasteiger partial charge in [-0.2, -0.15) is 0 Å². The van der Waals surface area contributed by atoms with Crippen LogP contribution in [-0.2, 0) is 0 Å². The molecule has 0 fully saturated rings. The zero-order valence-electron chi connectivity index (χ0n) is 14.5. The van der Waals surface area contributed by atoms with Gasteiger partial charge in [-0.05, 0) is 49.8 Å². The fraction of sp³-hybridized carbons (Fsp3) is 0.526. The summed E-state index contributed by atoms with van der Waals surface area (Å²) < 4.78 is 5.21. The minimum atomic E-state index is 0.487. The molecule has 1 unspecified atom stereocenters. The Morgan fingerprint density at radius 2 is 1.96 bits per heavy atom. The summed E-state index contributed by atoms with van der Waals surface area (Å²) in [6, 6.07) is 8.82. The van der Waals surface area contributed by atoms with Gasteiger partial charge in [0.05, 0.1) is 7.11 Å². The first-order valence-corrected chi connectivity index (χ1v) is 8.56. The largest absolute Gasteiger partial charge is 0.497 e. The summed E-state index contributed by atoms with van der Waals surface area (Å²) in [5.74, 6) is 2.33. The molecule has 0 spiro atoms. The topological polar surface area (TPSA) is 45.7 Å². The van der Waals surface area contributed by atoms with Gasteiger partial charge in [-0.25, -0.2) is 0 Å². The highest BCUT2D eigenvalue weighted by Crippen LogP contribution is 2.21. The van der Waals surface area contributed by atoms with Gasteiger partial charge in [0, 0.05) is 19.1 Å². The van der Waals surface area contributed by atoms with Gasteiger partial charge in [-0.3, -0.25) is 4.99 Å². The zero-order valence-corrected chi connectivity index (χ0v) is 14.5. The van der Waals surface area contributed by atoms with E-state index in [0.29, 0.717) is 12.0 Å². The fourth-order valence-corrected chi connectivity index (χ4v) is 2.72. The van der Waals surface area contributed by atoms with E-state index in [9.17, 15) is 0 Å².